The molecule has 0 fully saturated rings. The number of ether oxygens (including phenoxy) is 3. The average molecular weight is 433 g/mol. The summed E-state index contributed by atoms with van der Waals surface area (Å²) in [6.45, 7) is 9.78. The van der Waals surface area contributed by atoms with Crippen molar-refractivity contribution in [1.82, 2.24) is 0 Å². The van der Waals surface area contributed by atoms with E-state index in [2.05, 4.69) is 13.2 Å². The predicted octanol–water partition coefficient (Wildman–Crippen LogP) is 0.402. The van der Waals surface area contributed by atoms with E-state index in [-0.39, 0.29) is 75.6 Å². The van der Waals surface area contributed by atoms with E-state index in [1.54, 1.807) is 0 Å². The molecule has 0 aromatic heterocycles. The van der Waals surface area contributed by atoms with Gasteiger partial charge in [-0.1, -0.05) is 13.2 Å². The molecule has 1 atom stereocenters. The third kappa shape index (κ3) is 12.5. The molecule has 0 rings (SSSR count). The Labute approximate surface area is 201 Å². The van der Waals surface area contributed by atoms with Crippen molar-refractivity contribution in [3.63, 3.8) is 0 Å². The zero-order chi connectivity index (χ0) is 20.5. The first-order chi connectivity index (χ1) is 11.9. The summed E-state index contributed by atoms with van der Waals surface area (Å²) in [4.78, 5) is 35.0. The Morgan fingerprint density at radius 3 is 1.70 bits per heavy atom. The fourth-order valence-corrected chi connectivity index (χ4v) is 1.77. The Morgan fingerprint density at radius 1 is 0.963 bits per heavy atom. The van der Waals surface area contributed by atoms with E-state index in [4.69, 9.17) is 18.8 Å². The summed E-state index contributed by atoms with van der Waals surface area (Å²) >= 11 is 0. The molecular weight excluding hydrogens is 407 g/mol. The van der Waals surface area contributed by atoms with Crippen LogP contribution in [0.1, 0.15) is 27.2 Å². The van der Waals surface area contributed by atoms with E-state index in [9.17, 15) is 22.8 Å². The second-order valence-corrected chi connectivity index (χ2v) is 7.57. The van der Waals surface area contributed by atoms with Crippen LogP contribution < -0.4 is 0 Å². The maximum atomic E-state index is 12.1. The topological polar surface area (TPSA) is 133 Å². The average Bonchev–Trinajstić information content (AvgIpc) is 2.52. The zero-order valence-electron chi connectivity index (χ0n) is 15.0. The molecule has 150 valence electrons. The standard InChI is InChI=1S/C16H24O9S.K.H/c1-10(2)14(17)24-8-13(9-25-15(18)11(3)4)16(19)23-7-6-12(5)26(20,21)22;;/h12-13H,1,3,6-9H2,2,4-5H3,(H,20,21,22);;. The Morgan fingerprint density at radius 2 is 1.37 bits per heavy atom. The van der Waals surface area contributed by atoms with Crippen molar-refractivity contribution in [2.75, 3.05) is 19.8 Å². The van der Waals surface area contributed by atoms with Gasteiger partial charge >= 0.3 is 69.3 Å². The minimum absolute atomic E-state index is 0. The fourth-order valence-electron chi connectivity index (χ4n) is 1.38. The minimum atomic E-state index is -4.23. The molecule has 0 aromatic rings. The molecule has 0 bridgehead atoms. The molecule has 0 aliphatic heterocycles. The molecule has 0 spiro atoms. The Hall–Kier alpha value is -0.564. The van der Waals surface area contributed by atoms with Crippen LogP contribution in [0.3, 0.4) is 0 Å². The number of rotatable bonds is 11. The first-order valence-electron chi connectivity index (χ1n) is 7.64. The molecule has 0 radical (unpaired) electrons. The van der Waals surface area contributed by atoms with Crippen molar-refractivity contribution < 1.29 is 41.6 Å². The molecule has 9 nitrogen and oxygen atoms in total. The third-order valence-corrected chi connectivity index (χ3v) is 4.39. The van der Waals surface area contributed by atoms with Crippen LogP contribution in [-0.4, -0.2) is 107 Å². The second-order valence-electron chi connectivity index (χ2n) is 5.74. The molecule has 0 saturated carbocycles. The van der Waals surface area contributed by atoms with Crippen molar-refractivity contribution in [3.8, 4) is 0 Å². The molecule has 1 N–H and O–H groups in total. The maximum absolute atomic E-state index is 12.1. The van der Waals surface area contributed by atoms with Crippen LogP contribution in [-0.2, 0) is 38.7 Å². The van der Waals surface area contributed by atoms with Crippen molar-refractivity contribution in [2.24, 2.45) is 5.92 Å². The van der Waals surface area contributed by atoms with Crippen LogP contribution in [0.25, 0.3) is 0 Å². The molecule has 0 aromatic carbocycles. The first-order valence-corrected chi connectivity index (χ1v) is 9.14. The second kappa shape index (κ2) is 13.6. The van der Waals surface area contributed by atoms with E-state index in [1.165, 1.54) is 20.8 Å². The van der Waals surface area contributed by atoms with E-state index in [1.807, 2.05) is 0 Å². The number of carbonyl (C=O) groups is 3. The van der Waals surface area contributed by atoms with Gasteiger partial charge in [0.25, 0.3) is 10.1 Å². The summed E-state index contributed by atoms with van der Waals surface area (Å²) in [5.74, 6) is -3.41. The van der Waals surface area contributed by atoms with E-state index < -0.39 is 52.4 Å². The molecule has 0 amide bonds. The van der Waals surface area contributed by atoms with Crippen molar-refractivity contribution in [2.45, 2.75) is 32.4 Å². The van der Waals surface area contributed by atoms with Crippen LogP contribution in [0.2, 0.25) is 0 Å². The number of esters is 3. The van der Waals surface area contributed by atoms with E-state index in [0.29, 0.717) is 0 Å². The molecule has 27 heavy (non-hydrogen) atoms. The van der Waals surface area contributed by atoms with Gasteiger partial charge < -0.3 is 14.2 Å². The van der Waals surface area contributed by atoms with Crippen molar-refractivity contribution in [1.29, 1.82) is 0 Å². The van der Waals surface area contributed by atoms with Crippen LogP contribution in [0.4, 0.5) is 0 Å². The van der Waals surface area contributed by atoms with Gasteiger partial charge in [0.1, 0.15) is 19.1 Å². The predicted molar refractivity (Wildman–Crippen MR) is 98.8 cm³/mol. The van der Waals surface area contributed by atoms with Gasteiger partial charge in [-0.3, -0.25) is 9.35 Å². The van der Waals surface area contributed by atoms with Crippen LogP contribution in [0, 0.1) is 5.92 Å². The third-order valence-electron chi connectivity index (χ3n) is 3.14. The summed E-state index contributed by atoms with van der Waals surface area (Å²) in [6, 6.07) is 0. The normalized spacial score (nSPS) is 11.7. The number of carbonyl (C=O) groups excluding carboxylic acids is 3. The zero-order valence-corrected chi connectivity index (χ0v) is 15.8. The summed E-state index contributed by atoms with van der Waals surface area (Å²) in [5, 5.41) is -1.11. The molecule has 0 aliphatic rings. The molecular formula is C16H25KO9S. The molecule has 0 heterocycles. The monoisotopic (exact) mass is 432 g/mol. The van der Waals surface area contributed by atoms with Crippen LogP contribution >= 0.6 is 0 Å². The van der Waals surface area contributed by atoms with Crippen LogP contribution in [0.15, 0.2) is 24.3 Å². The van der Waals surface area contributed by atoms with Crippen molar-refractivity contribution in [3.05, 3.63) is 24.3 Å². The number of hydrogen-bond acceptors (Lipinski definition) is 8. The molecule has 0 saturated heterocycles. The van der Waals surface area contributed by atoms with E-state index >= 15 is 0 Å². The molecule has 1 unspecified atom stereocenters. The van der Waals surface area contributed by atoms with Gasteiger partial charge in [-0.25, -0.2) is 9.59 Å². The van der Waals surface area contributed by atoms with E-state index in [0.717, 1.165) is 0 Å². The SMILES string of the molecule is C=C(C)C(=O)OCC(COC(=O)C(=C)C)C(=O)OCCC(C)S(=O)(=O)O.[KH]. The van der Waals surface area contributed by atoms with Gasteiger partial charge in [-0.05, 0) is 20.8 Å². The summed E-state index contributed by atoms with van der Waals surface area (Å²) < 4.78 is 45.3. The fraction of sp³-hybridized carbons (Fsp3) is 0.562. The number of hydrogen-bond donors (Lipinski definition) is 1. The van der Waals surface area contributed by atoms with Gasteiger partial charge in [0, 0.05) is 17.6 Å². The Bertz CT molecular complexity index is 639. The quantitative estimate of drug-likeness (QED) is 0.162. The molecule has 0 aliphatic carbocycles. The first kappa shape index (κ1) is 28.6. The van der Waals surface area contributed by atoms with Gasteiger partial charge in [0.15, 0.2) is 0 Å². The van der Waals surface area contributed by atoms with Crippen LogP contribution in [0.5, 0.6) is 0 Å². The van der Waals surface area contributed by atoms with Crippen molar-refractivity contribution >= 4 is 79.4 Å². The molecule has 11 heteroatoms. The van der Waals surface area contributed by atoms with Gasteiger partial charge in [0.2, 0.25) is 0 Å². The summed E-state index contributed by atoms with van der Waals surface area (Å²) in [7, 11) is -4.23. The van der Waals surface area contributed by atoms with Gasteiger partial charge in [-0.2, -0.15) is 8.42 Å². The van der Waals surface area contributed by atoms with Gasteiger partial charge in [0.05, 0.1) is 11.9 Å². The summed E-state index contributed by atoms with van der Waals surface area (Å²) in [5.41, 5.74) is 0.246. The summed E-state index contributed by atoms with van der Waals surface area (Å²) in [6.07, 6.45) is -0.131. The Kier molecular flexibility index (Phi) is 14.4. The van der Waals surface area contributed by atoms with Gasteiger partial charge in [-0.15, -0.1) is 0 Å². The Balaban J connectivity index is 0.